The van der Waals surface area contributed by atoms with Crippen molar-refractivity contribution < 1.29 is 9.90 Å². The van der Waals surface area contributed by atoms with Gasteiger partial charge in [0.15, 0.2) is 5.82 Å². The molecule has 0 aliphatic rings. The van der Waals surface area contributed by atoms with Crippen LogP contribution in [-0.2, 0) is 4.79 Å². The van der Waals surface area contributed by atoms with E-state index in [1.54, 1.807) is 48.8 Å². The van der Waals surface area contributed by atoms with E-state index in [9.17, 15) is 4.79 Å². The highest BCUT2D eigenvalue weighted by molar-refractivity contribution is 6.36. The van der Waals surface area contributed by atoms with Crippen molar-refractivity contribution in [2.75, 3.05) is 22.7 Å². The monoisotopic (exact) mass is 404 g/mol. The maximum Gasteiger partial charge on any atom is 0.322 e. The first-order valence-corrected chi connectivity index (χ1v) is 8.49. The van der Waals surface area contributed by atoms with Crippen LogP contribution in [-0.4, -0.2) is 32.6 Å². The fourth-order valence-corrected chi connectivity index (χ4v) is 2.59. The van der Waals surface area contributed by atoms with Gasteiger partial charge >= 0.3 is 5.97 Å². The first kappa shape index (κ1) is 18.7. The van der Waals surface area contributed by atoms with Crippen LogP contribution in [0, 0.1) is 0 Å². The third kappa shape index (κ3) is 5.19. The number of hydrogen-bond acceptors (Lipinski definition) is 7. The zero-order valence-corrected chi connectivity index (χ0v) is 15.3. The quantitative estimate of drug-likeness (QED) is 0.440. The molecule has 3 aromatic rings. The summed E-state index contributed by atoms with van der Waals surface area (Å²) < 4.78 is 0. The molecule has 0 unspecified atom stereocenters. The molecule has 0 aliphatic heterocycles. The number of carboxylic acid groups (broad SMARTS) is 1. The number of nitrogens with zero attached hydrogens (tertiary/aromatic N) is 3. The van der Waals surface area contributed by atoms with Crippen molar-refractivity contribution in [1.29, 1.82) is 0 Å². The largest absolute Gasteiger partial charge is 0.480 e. The fourth-order valence-electron chi connectivity index (χ4n) is 2.14. The van der Waals surface area contributed by atoms with Crippen molar-refractivity contribution in [2.45, 2.75) is 0 Å². The average Bonchev–Trinajstić information content (AvgIpc) is 2.66. The van der Waals surface area contributed by atoms with Crippen molar-refractivity contribution >= 4 is 46.6 Å². The summed E-state index contributed by atoms with van der Waals surface area (Å²) >= 11 is 12.0. The molecule has 10 heteroatoms. The van der Waals surface area contributed by atoms with Gasteiger partial charge in [0, 0.05) is 29.0 Å². The van der Waals surface area contributed by atoms with Crippen molar-refractivity contribution in [3.05, 3.63) is 58.8 Å². The van der Waals surface area contributed by atoms with E-state index in [4.69, 9.17) is 28.3 Å². The van der Waals surface area contributed by atoms with E-state index >= 15 is 0 Å². The van der Waals surface area contributed by atoms with Crippen LogP contribution in [0.4, 0.5) is 17.5 Å². The summed E-state index contributed by atoms with van der Waals surface area (Å²) in [5.41, 5.74) is 7.86. The van der Waals surface area contributed by atoms with Crippen LogP contribution >= 0.6 is 23.2 Å². The van der Waals surface area contributed by atoms with Gasteiger partial charge in [-0.15, -0.1) is 0 Å². The van der Waals surface area contributed by atoms with Gasteiger partial charge in [0.05, 0.1) is 16.4 Å². The van der Waals surface area contributed by atoms with Crippen LogP contribution in [0.3, 0.4) is 0 Å². The molecule has 0 bridgehead atoms. The number of aromatic nitrogens is 3. The Bertz CT molecular complexity index is 955. The molecule has 0 saturated heterocycles. The molecule has 0 spiro atoms. The van der Waals surface area contributed by atoms with E-state index in [0.29, 0.717) is 27.2 Å². The second-order valence-corrected chi connectivity index (χ2v) is 6.16. The summed E-state index contributed by atoms with van der Waals surface area (Å²) in [6, 6.07) is 10.3. The minimum Gasteiger partial charge on any atom is -0.480 e. The maximum absolute atomic E-state index is 10.8. The van der Waals surface area contributed by atoms with Crippen molar-refractivity contribution in [3.8, 4) is 11.3 Å². The number of aliphatic carboxylic acids is 1. The summed E-state index contributed by atoms with van der Waals surface area (Å²) in [6.45, 7) is -0.310. The smallest absolute Gasteiger partial charge is 0.322 e. The van der Waals surface area contributed by atoms with Crippen molar-refractivity contribution in [1.82, 2.24) is 15.0 Å². The molecule has 2 heterocycles. The molecule has 1 aromatic carbocycles. The molecule has 0 radical (unpaired) electrons. The molecule has 27 heavy (non-hydrogen) atoms. The lowest BCUT2D eigenvalue weighted by atomic mass is 10.2. The number of benzene rings is 1. The molecule has 0 atom stereocenters. The van der Waals surface area contributed by atoms with Gasteiger partial charge in [-0.1, -0.05) is 23.2 Å². The van der Waals surface area contributed by atoms with E-state index in [1.165, 1.54) is 0 Å². The number of hydrazine groups is 1. The van der Waals surface area contributed by atoms with Gasteiger partial charge in [0.1, 0.15) is 6.54 Å². The predicted octanol–water partition coefficient (Wildman–Crippen LogP) is 3.78. The lowest BCUT2D eigenvalue weighted by molar-refractivity contribution is -0.134. The van der Waals surface area contributed by atoms with Crippen LogP contribution in [0.1, 0.15) is 0 Å². The number of hydrogen-bond donors (Lipinski definition) is 4. The van der Waals surface area contributed by atoms with Gasteiger partial charge < -0.3 is 10.4 Å². The first-order chi connectivity index (χ1) is 13.0. The van der Waals surface area contributed by atoms with E-state index in [2.05, 4.69) is 31.1 Å². The van der Waals surface area contributed by atoms with Gasteiger partial charge in [0.25, 0.3) is 0 Å². The summed E-state index contributed by atoms with van der Waals surface area (Å²) in [5.74, 6) is -0.442. The standard InChI is InChI=1S/C17H14Cl2N6O2/c18-11-1-2-13(12(19)7-11)24-25-15-8-14(10-3-5-20-6-4-10)22-17(23-15)21-9-16(26)27/h1-8,24H,9H2,(H,26,27)(H2,21,22,23,25). The van der Waals surface area contributed by atoms with Crippen molar-refractivity contribution in [3.63, 3.8) is 0 Å². The third-order valence-electron chi connectivity index (χ3n) is 3.36. The highest BCUT2D eigenvalue weighted by Gasteiger charge is 2.09. The molecular weight excluding hydrogens is 391 g/mol. The highest BCUT2D eigenvalue weighted by atomic mass is 35.5. The average molecular weight is 405 g/mol. The molecule has 0 amide bonds. The minimum atomic E-state index is -1.02. The Labute approximate surface area is 164 Å². The lowest BCUT2D eigenvalue weighted by Crippen LogP contribution is -2.16. The molecule has 3 rings (SSSR count). The zero-order chi connectivity index (χ0) is 19.2. The Morgan fingerprint density at radius 1 is 1.04 bits per heavy atom. The topological polar surface area (TPSA) is 112 Å². The Balaban J connectivity index is 1.86. The number of rotatable bonds is 7. The van der Waals surface area contributed by atoms with Gasteiger partial charge in [-0.3, -0.25) is 20.6 Å². The molecule has 8 nitrogen and oxygen atoms in total. The van der Waals surface area contributed by atoms with Crippen LogP contribution < -0.4 is 16.2 Å². The lowest BCUT2D eigenvalue weighted by Gasteiger charge is -2.13. The Morgan fingerprint density at radius 2 is 1.81 bits per heavy atom. The number of pyridine rings is 1. The predicted molar refractivity (Wildman–Crippen MR) is 105 cm³/mol. The Kier molecular flexibility index (Phi) is 5.90. The minimum absolute atomic E-state index is 0.165. The van der Waals surface area contributed by atoms with Gasteiger partial charge in [-0.25, -0.2) is 4.98 Å². The number of carbonyl (C=O) groups is 1. The summed E-state index contributed by atoms with van der Waals surface area (Å²) in [4.78, 5) is 23.4. The number of nitrogens with one attached hydrogen (secondary N) is 3. The molecule has 138 valence electrons. The Morgan fingerprint density at radius 3 is 2.52 bits per heavy atom. The number of anilines is 3. The van der Waals surface area contributed by atoms with Crippen LogP contribution in [0.5, 0.6) is 0 Å². The fraction of sp³-hybridized carbons (Fsp3) is 0.0588. The van der Waals surface area contributed by atoms with Crippen LogP contribution in [0.2, 0.25) is 10.0 Å². The summed E-state index contributed by atoms with van der Waals surface area (Å²) in [7, 11) is 0. The molecule has 0 aliphatic carbocycles. The third-order valence-corrected chi connectivity index (χ3v) is 3.90. The van der Waals surface area contributed by atoms with Gasteiger partial charge in [-0.05, 0) is 30.3 Å². The molecule has 0 saturated carbocycles. The zero-order valence-electron chi connectivity index (χ0n) is 13.8. The molecule has 2 aromatic heterocycles. The van der Waals surface area contributed by atoms with E-state index in [0.717, 1.165) is 5.56 Å². The van der Waals surface area contributed by atoms with Gasteiger partial charge in [-0.2, -0.15) is 4.98 Å². The SMILES string of the molecule is O=C(O)CNc1nc(NNc2ccc(Cl)cc2Cl)cc(-c2ccncc2)n1. The highest BCUT2D eigenvalue weighted by Crippen LogP contribution is 2.26. The van der Waals surface area contributed by atoms with E-state index in [1.807, 2.05) is 0 Å². The van der Waals surface area contributed by atoms with Crippen LogP contribution in [0.25, 0.3) is 11.3 Å². The van der Waals surface area contributed by atoms with E-state index in [-0.39, 0.29) is 12.5 Å². The first-order valence-electron chi connectivity index (χ1n) is 7.73. The summed E-state index contributed by atoms with van der Waals surface area (Å²) in [5, 5.41) is 12.5. The second-order valence-electron chi connectivity index (χ2n) is 5.32. The maximum atomic E-state index is 10.8. The molecule has 0 fully saturated rings. The Hall–Kier alpha value is -3.10. The molecule has 4 N–H and O–H groups in total. The van der Waals surface area contributed by atoms with Crippen molar-refractivity contribution in [2.24, 2.45) is 0 Å². The summed E-state index contributed by atoms with van der Waals surface area (Å²) in [6.07, 6.45) is 3.28. The molecular formula is C17H14Cl2N6O2. The van der Waals surface area contributed by atoms with E-state index < -0.39 is 5.97 Å². The second kappa shape index (κ2) is 8.52. The normalized spacial score (nSPS) is 10.3. The number of carboxylic acids is 1. The van der Waals surface area contributed by atoms with Crippen LogP contribution in [0.15, 0.2) is 48.8 Å². The van der Waals surface area contributed by atoms with Gasteiger partial charge in [0.2, 0.25) is 5.95 Å². The number of halogens is 2.